The van der Waals surface area contributed by atoms with E-state index in [1.165, 1.54) is 22.3 Å². The zero-order chi connectivity index (χ0) is 18.8. The average Bonchev–Trinajstić information content (AvgIpc) is 3.43. The number of rotatable bonds is 4. The van der Waals surface area contributed by atoms with E-state index in [1.807, 2.05) is 0 Å². The van der Waals surface area contributed by atoms with Crippen LogP contribution in [0.3, 0.4) is 0 Å². The summed E-state index contributed by atoms with van der Waals surface area (Å²) in [6.45, 7) is 0. The van der Waals surface area contributed by atoms with Crippen molar-refractivity contribution < 1.29 is 47.6 Å². The molecule has 30 heavy (non-hydrogen) atoms. The second kappa shape index (κ2) is 10.0. The summed E-state index contributed by atoms with van der Waals surface area (Å²) in [5.74, 6) is 0. The molecule has 0 amide bonds. The number of benzene rings is 3. The third-order valence-electron chi connectivity index (χ3n) is 5.62. The molecule has 0 radical (unpaired) electrons. The molecule has 5 rings (SSSR count). The summed E-state index contributed by atoms with van der Waals surface area (Å²) in [7, 11) is 0. The Hall–Kier alpha value is -1.79. The van der Waals surface area contributed by atoms with Crippen molar-refractivity contribution in [2.45, 2.75) is 9.54 Å². The summed E-state index contributed by atoms with van der Waals surface area (Å²) in [6, 6.07) is 31.0. The van der Waals surface area contributed by atoms with Gasteiger partial charge in [0.2, 0.25) is 0 Å². The number of hydrogen-bond donors (Lipinski definition) is 0. The van der Waals surface area contributed by atoms with Crippen LogP contribution in [0.1, 0.15) is 28.7 Å². The van der Waals surface area contributed by atoms with E-state index in [0.717, 1.165) is 6.42 Å². The van der Waals surface area contributed by atoms with Crippen molar-refractivity contribution >= 4 is 9.28 Å². The van der Waals surface area contributed by atoms with Crippen molar-refractivity contribution in [1.82, 2.24) is 0 Å². The minimum absolute atomic E-state index is 0. The Bertz CT molecular complexity index is 1090. The maximum atomic E-state index is 2.51. The van der Waals surface area contributed by atoms with Crippen LogP contribution in [0.15, 0.2) is 115 Å². The van der Waals surface area contributed by atoms with Crippen molar-refractivity contribution in [3.63, 3.8) is 0 Å². The Morgan fingerprint density at radius 2 is 1.33 bits per heavy atom. The standard InChI is InChI=1S/C14H11.C13H10.2ClH.Zr/c1-2-6-11(5-1)14-10-9-12-7-3-4-8-13(12)14;1-3-7-12(8-4-1)11-13-9-5-2-6-10-13;;;/h1-5,7-10H,6H2;1-10H;2*1H;/q;;;;+2/p-2. The van der Waals surface area contributed by atoms with Gasteiger partial charge >= 0.3 is 179 Å². The van der Waals surface area contributed by atoms with Gasteiger partial charge in [-0.25, -0.2) is 0 Å². The first-order chi connectivity index (χ1) is 13.9. The fourth-order valence-corrected chi connectivity index (χ4v) is 8.88. The molecule has 1 atom stereocenters. The van der Waals surface area contributed by atoms with Gasteiger partial charge in [0.25, 0.3) is 0 Å². The SMILES string of the molecule is C1=CCC([C]2([Zr+2]=[C](c3ccccc3)c3ccccc3)C=Cc3ccccc32)=C1.[Cl-].[Cl-]. The third-order valence-corrected chi connectivity index (χ3v) is 10.5. The van der Waals surface area contributed by atoms with Crippen LogP contribution in [0.4, 0.5) is 0 Å². The molecule has 3 aromatic rings. The van der Waals surface area contributed by atoms with E-state index in [1.54, 1.807) is 8.78 Å². The zero-order valence-electron chi connectivity index (χ0n) is 16.4. The van der Waals surface area contributed by atoms with E-state index in [9.17, 15) is 0 Å². The van der Waals surface area contributed by atoms with Crippen molar-refractivity contribution in [2.75, 3.05) is 0 Å². The number of fused-ring (bicyclic) bond motifs is 1. The molecule has 2 aliphatic carbocycles. The van der Waals surface area contributed by atoms with Crippen molar-refractivity contribution in [1.29, 1.82) is 0 Å². The summed E-state index contributed by atoms with van der Waals surface area (Å²) < 4.78 is 1.66. The Labute approximate surface area is 202 Å². The van der Waals surface area contributed by atoms with Crippen molar-refractivity contribution in [3.8, 4) is 0 Å². The first kappa shape index (κ1) is 22.9. The average molecular weight is 508 g/mol. The van der Waals surface area contributed by atoms with Gasteiger partial charge in [0.1, 0.15) is 0 Å². The van der Waals surface area contributed by atoms with Crippen LogP contribution in [0.5, 0.6) is 0 Å². The van der Waals surface area contributed by atoms with Crippen LogP contribution in [-0.2, 0) is 25.9 Å². The minimum atomic E-state index is -1.09. The Kier molecular flexibility index (Phi) is 7.64. The topological polar surface area (TPSA) is 0 Å². The number of allylic oxidation sites excluding steroid dienone is 5. The van der Waals surface area contributed by atoms with Crippen LogP contribution >= 0.6 is 0 Å². The summed E-state index contributed by atoms with van der Waals surface area (Å²) in [5, 5.41) is 0. The van der Waals surface area contributed by atoms with Crippen LogP contribution in [0.2, 0.25) is 0 Å². The molecular weight excluding hydrogens is 486 g/mol. The van der Waals surface area contributed by atoms with E-state index in [-0.39, 0.29) is 27.9 Å². The fourth-order valence-electron chi connectivity index (χ4n) is 4.23. The third kappa shape index (κ3) is 4.17. The van der Waals surface area contributed by atoms with Crippen LogP contribution in [0.25, 0.3) is 6.08 Å². The second-order valence-corrected chi connectivity index (χ2v) is 11.1. The molecular formula is C27H21Cl2Zr. The Morgan fingerprint density at radius 1 is 0.733 bits per heavy atom. The molecule has 1 unspecified atom stereocenters. The molecule has 0 fully saturated rings. The van der Waals surface area contributed by atoms with E-state index >= 15 is 0 Å². The molecule has 0 heterocycles. The van der Waals surface area contributed by atoms with Crippen LogP contribution < -0.4 is 24.8 Å². The normalized spacial score (nSPS) is 17.9. The zero-order valence-corrected chi connectivity index (χ0v) is 20.4. The van der Waals surface area contributed by atoms with E-state index < -0.39 is 22.8 Å². The molecule has 0 nitrogen and oxygen atoms in total. The first-order valence-electron chi connectivity index (χ1n) is 9.78. The summed E-state index contributed by atoms with van der Waals surface area (Å²) in [5.41, 5.74) is 7.20. The molecule has 2 aliphatic rings. The van der Waals surface area contributed by atoms with Gasteiger partial charge in [-0.1, -0.05) is 0 Å². The minimum Gasteiger partial charge on any atom is -1.00 e. The molecule has 0 N–H and O–H groups in total. The maximum absolute atomic E-state index is 2.51. The molecule has 0 saturated heterocycles. The summed E-state index contributed by atoms with van der Waals surface area (Å²) in [4.78, 5) is 0. The van der Waals surface area contributed by atoms with Gasteiger partial charge in [0.05, 0.1) is 0 Å². The molecule has 0 bridgehead atoms. The Morgan fingerprint density at radius 3 is 1.93 bits per heavy atom. The van der Waals surface area contributed by atoms with Gasteiger partial charge in [0, 0.05) is 0 Å². The second-order valence-electron chi connectivity index (χ2n) is 7.28. The number of halogens is 2. The predicted octanol–water partition coefficient (Wildman–Crippen LogP) is 0.155. The molecule has 3 aromatic carbocycles. The predicted molar refractivity (Wildman–Crippen MR) is 115 cm³/mol. The van der Waals surface area contributed by atoms with Crippen molar-refractivity contribution in [2.24, 2.45) is 0 Å². The molecule has 0 saturated carbocycles. The van der Waals surface area contributed by atoms with Crippen molar-refractivity contribution in [3.05, 3.63) is 137 Å². The summed E-state index contributed by atoms with van der Waals surface area (Å²) in [6.07, 6.45) is 12.8. The van der Waals surface area contributed by atoms with E-state index in [0.29, 0.717) is 0 Å². The van der Waals surface area contributed by atoms with E-state index in [2.05, 4.69) is 115 Å². The van der Waals surface area contributed by atoms with Gasteiger partial charge in [-0.2, -0.15) is 0 Å². The largest absolute Gasteiger partial charge is 1.00 e. The van der Waals surface area contributed by atoms with Gasteiger partial charge in [-0.3, -0.25) is 0 Å². The quantitative estimate of drug-likeness (QED) is 0.472. The Balaban J connectivity index is 0.00000128. The number of hydrogen-bond acceptors (Lipinski definition) is 0. The van der Waals surface area contributed by atoms with Gasteiger partial charge < -0.3 is 24.8 Å². The molecule has 3 heteroatoms. The molecule has 147 valence electrons. The first-order valence-corrected chi connectivity index (χ1v) is 12.2. The van der Waals surface area contributed by atoms with Gasteiger partial charge in [-0.15, -0.1) is 0 Å². The molecule has 0 spiro atoms. The molecule has 0 aliphatic heterocycles. The maximum Gasteiger partial charge on any atom is -1.00 e. The monoisotopic (exact) mass is 505 g/mol. The fraction of sp³-hybridized carbons (Fsp3) is 0.0741. The van der Waals surface area contributed by atoms with Crippen LogP contribution in [0, 0.1) is 0 Å². The van der Waals surface area contributed by atoms with Gasteiger partial charge in [-0.05, 0) is 0 Å². The smallest absolute Gasteiger partial charge is 1.00 e. The summed E-state index contributed by atoms with van der Waals surface area (Å²) >= 11 is -1.09. The molecule has 0 aromatic heterocycles. The van der Waals surface area contributed by atoms with Crippen LogP contribution in [-0.4, -0.2) is 3.21 Å². The van der Waals surface area contributed by atoms with Gasteiger partial charge in [0.15, 0.2) is 0 Å². The van der Waals surface area contributed by atoms with E-state index in [4.69, 9.17) is 0 Å².